The van der Waals surface area contributed by atoms with Crippen LogP contribution in [0, 0.1) is 5.82 Å². The molecular weight excluding hydrogens is 209 g/mol. The van der Waals surface area contributed by atoms with Gasteiger partial charge >= 0.3 is 0 Å². The van der Waals surface area contributed by atoms with Gasteiger partial charge < -0.3 is 10.1 Å². The predicted molar refractivity (Wildman–Crippen MR) is 59.0 cm³/mol. The monoisotopic (exact) mass is 223 g/mol. The van der Waals surface area contributed by atoms with Gasteiger partial charge in [-0.3, -0.25) is 4.79 Å². The minimum absolute atomic E-state index is 0.199. The maximum atomic E-state index is 13.0. The van der Waals surface area contributed by atoms with Crippen LogP contribution in [0.2, 0.25) is 0 Å². The number of carbonyl (C=O) groups is 1. The van der Waals surface area contributed by atoms with Crippen LogP contribution in [0.15, 0.2) is 18.2 Å². The molecule has 1 heterocycles. The van der Waals surface area contributed by atoms with Gasteiger partial charge in [-0.15, -0.1) is 0 Å². The van der Waals surface area contributed by atoms with Crippen LogP contribution in [-0.2, 0) is 4.79 Å². The number of nitrogens with one attached hydrogen (secondary N) is 1. The molecule has 4 heteroatoms. The summed E-state index contributed by atoms with van der Waals surface area (Å²) in [6.45, 7) is 3.80. The Labute approximate surface area is 93.6 Å². The van der Waals surface area contributed by atoms with E-state index in [-0.39, 0.29) is 11.7 Å². The van der Waals surface area contributed by atoms with Gasteiger partial charge in [-0.2, -0.15) is 0 Å². The Balaban J connectivity index is 2.42. The lowest BCUT2D eigenvalue weighted by Crippen LogP contribution is -2.49. The number of benzene rings is 1. The van der Waals surface area contributed by atoms with Gasteiger partial charge in [0.1, 0.15) is 11.6 Å². The molecule has 1 amide bonds. The summed E-state index contributed by atoms with van der Waals surface area (Å²) < 4.78 is 18.7. The van der Waals surface area contributed by atoms with Crippen LogP contribution in [0.1, 0.15) is 26.7 Å². The Morgan fingerprint density at radius 2 is 2.06 bits per heavy atom. The SMILES string of the molecule is CCC1(CC)Oc2ccc(F)cc2NC1=O. The highest BCUT2D eigenvalue weighted by atomic mass is 19.1. The van der Waals surface area contributed by atoms with Gasteiger partial charge in [0.05, 0.1) is 5.69 Å². The summed E-state index contributed by atoms with van der Waals surface area (Å²) in [6.07, 6.45) is 1.18. The zero-order valence-corrected chi connectivity index (χ0v) is 9.34. The van der Waals surface area contributed by atoms with Crippen LogP contribution in [0.5, 0.6) is 5.75 Å². The van der Waals surface area contributed by atoms with Crippen LogP contribution in [0.25, 0.3) is 0 Å². The number of anilines is 1. The molecule has 0 aliphatic carbocycles. The standard InChI is InChI=1S/C12H14FNO2/c1-3-12(4-2)11(15)14-9-7-8(13)5-6-10(9)16-12/h5-7H,3-4H2,1-2H3,(H,14,15). The number of hydrogen-bond acceptors (Lipinski definition) is 2. The molecule has 0 radical (unpaired) electrons. The van der Waals surface area contributed by atoms with Crippen molar-refractivity contribution in [1.29, 1.82) is 0 Å². The van der Waals surface area contributed by atoms with Gasteiger partial charge in [0.2, 0.25) is 0 Å². The maximum Gasteiger partial charge on any atom is 0.268 e. The smallest absolute Gasteiger partial charge is 0.268 e. The van der Waals surface area contributed by atoms with Crippen molar-refractivity contribution in [2.45, 2.75) is 32.3 Å². The van der Waals surface area contributed by atoms with Crippen LogP contribution in [0.3, 0.4) is 0 Å². The minimum atomic E-state index is -0.815. The lowest BCUT2D eigenvalue weighted by atomic mass is 9.94. The van der Waals surface area contributed by atoms with Crippen molar-refractivity contribution >= 4 is 11.6 Å². The van der Waals surface area contributed by atoms with Crippen molar-refractivity contribution in [3.63, 3.8) is 0 Å². The number of halogens is 1. The van der Waals surface area contributed by atoms with Crippen molar-refractivity contribution in [1.82, 2.24) is 0 Å². The molecule has 16 heavy (non-hydrogen) atoms. The van der Waals surface area contributed by atoms with Gasteiger partial charge in [0.25, 0.3) is 5.91 Å². The summed E-state index contributed by atoms with van der Waals surface area (Å²) >= 11 is 0. The third-order valence-electron chi connectivity index (χ3n) is 3.05. The number of carbonyl (C=O) groups excluding carboxylic acids is 1. The second-order valence-electron chi connectivity index (χ2n) is 3.90. The molecule has 0 saturated carbocycles. The molecule has 0 spiro atoms. The first kappa shape index (κ1) is 10.9. The van der Waals surface area contributed by atoms with E-state index in [1.807, 2.05) is 13.8 Å². The lowest BCUT2D eigenvalue weighted by Gasteiger charge is -2.36. The normalized spacial score (nSPS) is 17.3. The highest BCUT2D eigenvalue weighted by Crippen LogP contribution is 2.36. The first-order chi connectivity index (χ1) is 7.61. The average Bonchev–Trinajstić information content (AvgIpc) is 2.28. The van der Waals surface area contributed by atoms with Gasteiger partial charge in [-0.25, -0.2) is 4.39 Å². The molecule has 1 N–H and O–H groups in total. The molecule has 1 aliphatic heterocycles. The van der Waals surface area contributed by atoms with E-state index in [2.05, 4.69) is 5.32 Å². The van der Waals surface area contributed by atoms with Gasteiger partial charge in [0, 0.05) is 6.07 Å². The van der Waals surface area contributed by atoms with Crippen molar-refractivity contribution < 1.29 is 13.9 Å². The molecule has 0 aromatic heterocycles. The molecule has 0 bridgehead atoms. The zero-order valence-electron chi connectivity index (χ0n) is 9.34. The summed E-state index contributed by atoms with van der Waals surface area (Å²) in [5, 5.41) is 2.69. The second-order valence-corrected chi connectivity index (χ2v) is 3.90. The van der Waals surface area contributed by atoms with Crippen molar-refractivity contribution in [3.05, 3.63) is 24.0 Å². The average molecular weight is 223 g/mol. The van der Waals surface area contributed by atoms with Crippen molar-refractivity contribution in [2.75, 3.05) is 5.32 Å². The second kappa shape index (κ2) is 3.77. The molecule has 1 aromatic rings. The summed E-state index contributed by atoms with van der Waals surface area (Å²) in [4.78, 5) is 11.9. The maximum absolute atomic E-state index is 13.0. The Morgan fingerprint density at radius 1 is 1.38 bits per heavy atom. The quantitative estimate of drug-likeness (QED) is 0.837. The van der Waals surface area contributed by atoms with Crippen molar-refractivity contribution in [3.8, 4) is 5.75 Å². The highest BCUT2D eigenvalue weighted by Gasteiger charge is 2.41. The van der Waals surface area contributed by atoms with Crippen molar-refractivity contribution in [2.24, 2.45) is 0 Å². The van der Waals surface area contributed by atoms with Crippen LogP contribution in [0.4, 0.5) is 10.1 Å². The van der Waals surface area contributed by atoms with Crippen LogP contribution >= 0.6 is 0 Å². The number of ether oxygens (including phenoxy) is 1. The molecule has 0 atom stereocenters. The fourth-order valence-corrected chi connectivity index (χ4v) is 1.90. The highest BCUT2D eigenvalue weighted by molar-refractivity contribution is 6.00. The molecule has 3 nitrogen and oxygen atoms in total. The number of amides is 1. The van der Waals surface area contributed by atoms with Crippen LogP contribution in [-0.4, -0.2) is 11.5 Å². The van der Waals surface area contributed by atoms with Gasteiger partial charge in [-0.05, 0) is 25.0 Å². The Kier molecular flexibility index (Phi) is 2.58. The third kappa shape index (κ3) is 1.54. The lowest BCUT2D eigenvalue weighted by molar-refractivity contribution is -0.133. The molecule has 86 valence electrons. The molecule has 0 unspecified atom stereocenters. The largest absolute Gasteiger partial charge is 0.475 e. The Bertz CT molecular complexity index is 427. The molecule has 0 fully saturated rings. The number of rotatable bonds is 2. The van der Waals surface area contributed by atoms with E-state index >= 15 is 0 Å². The Hall–Kier alpha value is -1.58. The van der Waals surface area contributed by atoms with Gasteiger partial charge in [-0.1, -0.05) is 13.8 Å². The topological polar surface area (TPSA) is 38.3 Å². The van der Waals surface area contributed by atoms with E-state index in [9.17, 15) is 9.18 Å². The summed E-state index contributed by atoms with van der Waals surface area (Å²) in [7, 11) is 0. The molecule has 1 aliphatic rings. The predicted octanol–water partition coefficient (Wildman–Crippen LogP) is 2.72. The minimum Gasteiger partial charge on any atom is -0.475 e. The van der Waals surface area contributed by atoms with E-state index in [4.69, 9.17) is 4.74 Å². The zero-order chi connectivity index (χ0) is 11.8. The van der Waals surface area contributed by atoms with E-state index in [1.54, 1.807) is 6.07 Å². The number of hydrogen-bond donors (Lipinski definition) is 1. The van der Waals surface area contributed by atoms with E-state index in [1.165, 1.54) is 12.1 Å². The summed E-state index contributed by atoms with van der Waals surface area (Å²) in [6, 6.07) is 4.14. The van der Waals surface area contributed by atoms with E-state index < -0.39 is 5.60 Å². The first-order valence-electron chi connectivity index (χ1n) is 5.41. The van der Waals surface area contributed by atoms with Gasteiger partial charge in [0.15, 0.2) is 5.60 Å². The Morgan fingerprint density at radius 3 is 2.69 bits per heavy atom. The summed E-state index contributed by atoms with van der Waals surface area (Å²) in [5.74, 6) is -0.0524. The molecule has 1 aromatic carbocycles. The number of fused-ring (bicyclic) bond motifs is 1. The van der Waals surface area contributed by atoms with E-state index in [0.29, 0.717) is 24.3 Å². The summed E-state index contributed by atoms with van der Waals surface area (Å²) in [5.41, 5.74) is -0.410. The van der Waals surface area contributed by atoms with Crippen LogP contribution < -0.4 is 10.1 Å². The third-order valence-corrected chi connectivity index (χ3v) is 3.05. The fourth-order valence-electron chi connectivity index (χ4n) is 1.90. The molecule has 0 saturated heterocycles. The molecule has 2 rings (SSSR count). The fraction of sp³-hybridized carbons (Fsp3) is 0.417. The van der Waals surface area contributed by atoms with E-state index in [0.717, 1.165) is 0 Å². The molecular formula is C12H14FNO2. The first-order valence-corrected chi connectivity index (χ1v) is 5.41.